The van der Waals surface area contributed by atoms with E-state index in [4.69, 9.17) is 4.74 Å². The fraction of sp³-hybridized carbons (Fsp3) is 0.296. The molecule has 2 aliphatic rings. The van der Waals surface area contributed by atoms with Crippen LogP contribution < -0.4 is 10.2 Å². The van der Waals surface area contributed by atoms with Crippen LogP contribution in [0.3, 0.4) is 0 Å². The van der Waals surface area contributed by atoms with Gasteiger partial charge in [-0.15, -0.1) is 0 Å². The smallest absolute Gasteiger partial charge is 0.251 e. The van der Waals surface area contributed by atoms with Gasteiger partial charge in [0.2, 0.25) is 0 Å². The van der Waals surface area contributed by atoms with E-state index in [1.54, 1.807) is 6.07 Å². The standard InChI is InChI=1S/C27H26N4O2/c1-27(17-28)18-33-16-21-8-7-20(12-25(21)27)26(32)30-13-23-11-19(9-10-29-23)22-14-31(15-22)24-5-3-2-4-6-24/h2-12,22H,13-16,18H2,1H3,(H,30,32)/t27-/m1/s1. The summed E-state index contributed by atoms with van der Waals surface area (Å²) in [7, 11) is 0. The number of hydrogen-bond acceptors (Lipinski definition) is 5. The average molecular weight is 439 g/mol. The van der Waals surface area contributed by atoms with Gasteiger partial charge in [0.05, 0.1) is 31.5 Å². The third-order valence-corrected chi connectivity index (χ3v) is 6.61. The van der Waals surface area contributed by atoms with Crippen LogP contribution in [0.15, 0.2) is 66.9 Å². The van der Waals surface area contributed by atoms with Gasteiger partial charge in [0, 0.05) is 36.5 Å². The fourth-order valence-electron chi connectivity index (χ4n) is 4.55. The minimum absolute atomic E-state index is 0.171. The molecule has 33 heavy (non-hydrogen) atoms. The van der Waals surface area contributed by atoms with Gasteiger partial charge in [0.25, 0.3) is 5.91 Å². The van der Waals surface area contributed by atoms with E-state index < -0.39 is 5.41 Å². The number of carbonyl (C=O) groups excluding carboxylic acids is 1. The van der Waals surface area contributed by atoms with Crippen LogP contribution in [0, 0.1) is 11.3 Å². The lowest BCUT2D eigenvalue weighted by Crippen LogP contribution is -2.45. The number of fused-ring (bicyclic) bond motifs is 1. The zero-order chi connectivity index (χ0) is 22.8. The number of benzene rings is 2. The second-order valence-electron chi connectivity index (χ2n) is 9.01. The molecular formula is C27H26N4O2. The number of anilines is 1. The molecule has 166 valence electrons. The molecule has 1 aromatic heterocycles. The number of rotatable bonds is 5. The average Bonchev–Trinajstić information content (AvgIpc) is 2.83. The van der Waals surface area contributed by atoms with Crippen molar-refractivity contribution in [3.8, 4) is 6.07 Å². The van der Waals surface area contributed by atoms with Crippen molar-refractivity contribution in [1.29, 1.82) is 5.26 Å². The molecule has 0 saturated carbocycles. The predicted octanol–water partition coefficient (Wildman–Crippen LogP) is 3.93. The quantitative estimate of drug-likeness (QED) is 0.653. The highest BCUT2D eigenvalue weighted by atomic mass is 16.5. The first-order valence-electron chi connectivity index (χ1n) is 11.2. The van der Waals surface area contributed by atoms with E-state index in [0.717, 1.165) is 29.9 Å². The maximum absolute atomic E-state index is 12.8. The number of aromatic nitrogens is 1. The Morgan fingerprint density at radius 3 is 2.82 bits per heavy atom. The topological polar surface area (TPSA) is 78.2 Å². The van der Waals surface area contributed by atoms with E-state index in [1.165, 1.54) is 11.3 Å². The maximum atomic E-state index is 12.8. The van der Waals surface area contributed by atoms with E-state index >= 15 is 0 Å². The number of nitrogens with one attached hydrogen (secondary N) is 1. The molecule has 5 rings (SSSR count). The summed E-state index contributed by atoms with van der Waals surface area (Å²) in [5, 5.41) is 12.6. The van der Waals surface area contributed by atoms with Gasteiger partial charge in [0.1, 0.15) is 5.41 Å². The maximum Gasteiger partial charge on any atom is 0.251 e. The summed E-state index contributed by atoms with van der Waals surface area (Å²) >= 11 is 0. The van der Waals surface area contributed by atoms with Crippen molar-refractivity contribution >= 4 is 11.6 Å². The molecule has 0 radical (unpaired) electrons. The van der Waals surface area contributed by atoms with Crippen LogP contribution >= 0.6 is 0 Å². The molecule has 0 bridgehead atoms. The Morgan fingerprint density at radius 2 is 2.03 bits per heavy atom. The van der Waals surface area contributed by atoms with Crippen LogP contribution in [0.4, 0.5) is 5.69 Å². The van der Waals surface area contributed by atoms with E-state index in [9.17, 15) is 10.1 Å². The third-order valence-electron chi connectivity index (χ3n) is 6.61. The molecule has 0 spiro atoms. The Morgan fingerprint density at radius 1 is 1.21 bits per heavy atom. The Bertz CT molecular complexity index is 1210. The Kier molecular flexibility index (Phi) is 5.57. The summed E-state index contributed by atoms with van der Waals surface area (Å²) in [6.07, 6.45) is 1.82. The third kappa shape index (κ3) is 4.20. The lowest BCUT2D eigenvalue weighted by Gasteiger charge is -2.41. The summed E-state index contributed by atoms with van der Waals surface area (Å²) < 4.78 is 5.55. The summed E-state index contributed by atoms with van der Waals surface area (Å²) in [5.74, 6) is 0.296. The van der Waals surface area contributed by atoms with Gasteiger partial charge in [-0.25, -0.2) is 0 Å². The molecule has 6 heteroatoms. The molecule has 3 aromatic rings. The monoisotopic (exact) mass is 438 g/mol. The first kappa shape index (κ1) is 21.2. The Hall–Kier alpha value is -3.69. The number of hydrogen-bond donors (Lipinski definition) is 1. The Balaban J connectivity index is 1.22. The largest absolute Gasteiger partial charge is 0.375 e. The van der Waals surface area contributed by atoms with Gasteiger partial charge >= 0.3 is 0 Å². The van der Waals surface area contributed by atoms with Gasteiger partial charge in [-0.3, -0.25) is 9.78 Å². The number of carbonyl (C=O) groups is 1. The molecule has 3 heterocycles. The predicted molar refractivity (Wildman–Crippen MR) is 126 cm³/mol. The van der Waals surface area contributed by atoms with Gasteiger partial charge < -0.3 is 15.0 Å². The normalized spacial score (nSPS) is 19.8. The first-order valence-corrected chi connectivity index (χ1v) is 11.2. The second kappa shape index (κ2) is 8.68. The van der Waals surface area contributed by atoms with Crippen molar-refractivity contribution in [2.45, 2.75) is 31.4 Å². The van der Waals surface area contributed by atoms with Crippen LogP contribution in [0.1, 0.15) is 45.6 Å². The number of para-hydroxylation sites is 1. The Labute approximate surface area is 193 Å². The number of amides is 1. The van der Waals surface area contributed by atoms with Crippen LogP contribution in [0.5, 0.6) is 0 Å². The van der Waals surface area contributed by atoms with E-state index in [-0.39, 0.29) is 5.91 Å². The van der Waals surface area contributed by atoms with Crippen molar-refractivity contribution < 1.29 is 9.53 Å². The second-order valence-corrected chi connectivity index (χ2v) is 9.01. The van der Waals surface area contributed by atoms with Crippen LogP contribution in [0.25, 0.3) is 0 Å². The molecule has 0 unspecified atom stereocenters. The highest BCUT2D eigenvalue weighted by Gasteiger charge is 2.33. The summed E-state index contributed by atoms with van der Waals surface area (Å²) in [6, 6.07) is 22.4. The summed E-state index contributed by atoms with van der Waals surface area (Å²) in [6.45, 7) is 4.97. The van der Waals surface area contributed by atoms with Crippen molar-refractivity contribution in [3.05, 3.63) is 94.8 Å². The highest BCUT2D eigenvalue weighted by molar-refractivity contribution is 5.94. The summed E-state index contributed by atoms with van der Waals surface area (Å²) in [5.41, 5.74) is 4.98. The molecule has 0 aliphatic carbocycles. The van der Waals surface area contributed by atoms with Gasteiger partial charge in [-0.2, -0.15) is 5.26 Å². The van der Waals surface area contributed by atoms with Crippen LogP contribution in [0.2, 0.25) is 0 Å². The van der Waals surface area contributed by atoms with Gasteiger partial charge in [-0.05, 0) is 60.0 Å². The lowest BCUT2D eigenvalue weighted by molar-refractivity contribution is 0.0757. The van der Waals surface area contributed by atoms with E-state index in [2.05, 4.69) is 57.7 Å². The molecule has 1 amide bonds. The van der Waals surface area contributed by atoms with Crippen molar-refractivity contribution in [2.24, 2.45) is 0 Å². The minimum atomic E-state index is -0.740. The zero-order valence-corrected chi connectivity index (χ0v) is 18.6. The molecule has 1 fully saturated rings. The summed E-state index contributed by atoms with van der Waals surface area (Å²) in [4.78, 5) is 19.6. The van der Waals surface area contributed by atoms with E-state index in [1.807, 2.05) is 31.3 Å². The molecule has 2 aromatic carbocycles. The zero-order valence-electron chi connectivity index (χ0n) is 18.6. The minimum Gasteiger partial charge on any atom is -0.375 e. The number of nitriles is 1. The van der Waals surface area contributed by atoms with Gasteiger partial charge in [0.15, 0.2) is 0 Å². The number of pyridine rings is 1. The molecular weight excluding hydrogens is 412 g/mol. The highest BCUT2D eigenvalue weighted by Crippen LogP contribution is 2.33. The van der Waals surface area contributed by atoms with E-state index in [0.29, 0.717) is 31.2 Å². The number of nitrogens with zero attached hydrogens (tertiary/aromatic N) is 3. The fourth-order valence-corrected chi connectivity index (χ4v) is 4.55. The van der Waals surface area contributed by atoms with Gasteiger partial charge in [-0.1, -0.05) is 24.3 Å². The number of ether oxygens (including phenoxy) is 1. The van der Waals surface area contributed by atoms with Crippen LogP contribution in [-0.2, 0) is 23.3 Å². The van der Waals surface area contributed by atoms with Crippen molar-refractivity contribution in [2.75, 3.05) is 24.6 Å². The van der Waals surface area contributed by atoms with Crippen molar-refractivity contribution in [1.82, 2.24) is 10.3 Å². The lowest BCUT2D eigenvalue weighted by atomic mass is 9.79. The molecule has 2 aliphatic heterocycles. The SMILES string of the molecule is C[C@@]1(C#N)COCc2ccc(C(=O)NCc3cc(C4CN(c5ccccc5)C4)ccn3)cc21. The first-order chi connectivity index (χ1) is 16.1. The van der Waals surface area contributed by atoms with Crippen LogP contribution in [-0.4, -0.2) is 30.6 Å². The molecule has 1 atom stereocenters. The molecule has 1 saturated heterocycles. The molecule has 1 N–H and O–H groups in total. The molecule has 6 nitrogen and oxygen atoms in total. The van der Waals surface area contributed by atoms with Crippen molar-refractivity contribution in [3.63, 3.8) is 0 Å².